The van der Waals surface area contributed by atoms with Gasteiger partial charge in [-0.1, -0.05) is 27.7 Å². The minimum atomic E-state index is -5.80. The van der Waals surface area contributed by atoms with E-state index in [0.29, 0.717) is 5.56 Å². The van der Waals surface area contributed by atoms with Crippen molar-refractivity contribution in [2.24, 2.45) is 0 Å². The number of nitrogens with one attached hydrogen (secondary N) is 1. The molecule has 75 heavy (non-hydrogen) atoms. The molecule has 1 amide bonds. The SMILES string of the molecule is CC(C)(CNC(=O)c1ccc(C2=c3cc4c5c(c3Oc3c2cc2c6c3CCCN6CCC2)CCC[N+]=5CCC4)c(C(=O)[O-])c1)SSCOC1C[C@H](n2ccc(N)nc2=O)O[C@@H]1COP(=O)(O)OP(=O)(O)OP(=O)(O)O. The number of nitrogen functional groups attached to an aromatic ring is 1. The van der Waals surface area contributed by atoms with Crippen LogP contribution in [0.5, 0.6) is 11.5 Å². The van der Waals surface area contributed by atoms with Gasteiger partial charge in [0.05, 0.1) is 24.2 Å². The zero-order chi connectivity index (χ0) is 53.2. The number of hydrogen-bond donors (Lipinski definition) is 6. The third kappa shape index (κ3) is 11.6. The smallest absolute Gasteiger partial charge is 0.490 e. The molecule has 0 bridgehead atoms. The van der Waals surface area contributed by atoms with Crippen LogP contribution >= 0.6 is 45.1 Å². The quantitative estimate of drug-likeness (QED) is 0.0241. The number of aryl methyl sites for hydroxylation is 2. The molecule has 5 atom stereocenters. The second-order valence-corrected chi connectivity index (χ2v) is 27.0. The molecule has 7 N–H and O–H groups in total. The normalized spacial score (nSPS) is 21.5. The summed E-state index contributed by atoms with van der Waals surface area (Å²) < 4.78 is 69.9. The van der Waals surface area contributed by atoms with Crippen LogP contribution in [-0.4, -0.2) is 103 Å². The molecule has 1 aromatic heterocycles. The Morgan fingerprint density at radius 2 is 1.67 bits per heavy atom. The summed E-state index contributed by atoms with van der Waals surface area (Å²) in [6.07, 6.45) is 5.58. The van der Waals surface area contributed by atoms with Crippen LogP contribution < -0.4 is 46.6 Å². The van der Waals surface area contributed by atoms with Crippen LogP contribution in [0.1, 0.15) is 106 Å². The molecular weight excluding hydrogens is 1080 g/mol. The van der Waals surface area contributed by atoms with E-state index in [4.69, 9.17) is 34.3 Å². The van der Waals surface area contributed by atoms with Gasteiger partial charge < -0.3 is 59.6 Å². The van der Waals surface area contributed by atoms with E-state index in [1.807, 2.05) is 13.8 Å². The maximum Gasteiger partial charge on any atom is 0.490 e. The number of anilines is 2. The van der Waals surface area contributed by atoms with Gasteiger partial charge in [-0.15, -0.1) is 0 Å². The number of fused-ring (bicyclic) bond motifs is 4. The predicted molar refractivity (Wildman–Crippen MR) is 274 cm³/mol. The average molecular weight is 1130 g/mol. The van der Waals surface area contributed by atoms with E-state index in [9.17, 15) is 43.0 Å². The lowest BCUT2D eigenvalue weighted by Crippen LogP contribution is -2.45. The third-order valence-electron chi connectivity index (χ3n) is 13.9. The Kier molecular flexibility index (Phi) is 15.2. The fourth-order valence-corrected chi connectivity index (χ4v) is 16.1. The highest BCUT2D eigenvalue weighted by molar-refractivity contribution is 8.77. The molecule has 0 aliphatic carbocycles. The van der Waals surface area contributed by atoms with Gasteiger partial charge in [0.2, 0.25) is 5.36 Å². The van der Waals surface area contributed by atoms with Crippen LogP contribution in [0.3, 0.4) is 0 Å². The summed E-state index contributed by atoms with van der Waals surface area (Å²) >= 11 is 0. The van der Waals surface area contributed by atoms with E-state index in [-0.39, 0.29) is 35.8 Å². The van der Waals surface area contributed by atoms with Crippen LogP contribution in [0.25, 0.3) is 5.57 Å². The van der Waals surface area contributed by atoms with Gasteiger partial charge in [0, 0.05) is 94.1 Å². The van der Waals surface area contributed by atoms with E-state index in [0.717, 1.165) is 121 Å². The molecule has 7 heterocycles. The van der Waals surface area contributed by atoms with Gasteiger partial charge in [-0.2, -0.15) is 13.6 Å². The lowest BCUT2D eigenvalue weighted by atomic mass is 9.81. The van der Waals surface area contributed by atoms with Crippen molar-refractivity contribution < 1.29 is 75.3 Å². The number of benzene rings is 3. The van der Waals surface area contributed by atoms with Crippen LogP contribution in [0, 0.1) is 0 Å². The number of carbonyl (C=O) groups is 2. The lowest BCUT2D eigenvalue weighted by Gasteiger charge is -2.39. The van der Waals surface area contributed by atoms with Crippen molar-refractivity contribution in [3.63, 3.8) is 0 Å². The molecule has 23 nitrogen and oxygen atoms in total. The Labute approximate surface area is 437 Å². The van der Waals surface area contributed by atoms with Crippen molar-refractivity contribution in [1.82, 2.24) is 19.4 Å². The first-order chi connectivity index (χ1) is 35.5. The lowest BCUT2D eigenvalue weighted by molar-refractivity contribution is -0.255. The van der Waals surface area contributed by atoms with Gasteiger partial charge in [0.25, 0.3) is 5.91 Å². The maximum atomic E-state index is 13.9. The van der Waals surface area contributed by atoms with Crippen LogP contribution in [0.15, 0.2) is 47.4 Å². The molecule has 10 rings (SSSR count). The van der Waals surface area contributed by atoms with Gasteiger partial charge in [-0.25, -0.2) is 23.1 Å². The van der Waals surface area contributed by atoms with Gasteiger partial charge in [0.1, 0.15) is 48.7 Å². The van der Waals surface area contributed by atoms with Gasteiger partial charge in [0.15, 0.2) is 0 Å². The molecule has 0 spiro atoms. The van der Waals surface area contributed by atoms with Gasteiger partial charge >= 0.3 is 29.2 Å². The van der Waals surface area contributed by atoms with Crippen molar-refractivity contribution in [1.29, 1.82) is 0 Å². The number of rotatable bonds is 18. The molecule has 3 unspecified atom stereocenters. The van der Waals surface area contributed by atoms with E-state index in [1.165, 1.54) is 62.1 Å². The number of carboxylic acids is 1. The third-order valence-corrected chi connectivity index (χ3v) is 20.7. The largest absolute Gasteiger partial charge is 0.545 e. The van der Waals surface area contributed by atoms with Gasteiger partial charge in [-0.3, -0.25) is 13.9 Å². The highest BCUT2D eigenvalue weighted by atomic mass is 33.1. The second kappa shape index (κ2) is 21.1. The van der Waals surface area contributed by atoms with Crippen molar-refractivity contribution in [2.45, 2.75) is 94.8 Å². The standard InChI is InChI=1S/C47H55N6O17P3S2/c1-47(2,75-74-25-65-35-22-38(53-18-13-37(48)50-46(53)57)67-36(35)23-66-72(61,62)70-73(63,64)69-71(58,59)60)24-49-44(54)28-11-12-29(32(21-28)45(55)56)39-33-19-26-7-3-14-51-16-5-9-30(40(26)51)42(33)68-43-31-10-6-17-52-15-4-8-27(41(31)52)20-34(39)43/h11-13,18-21,35-36,38H,3-10,14-17,22-25H2,1-2H3,(H7-,48,49,50,54,55,56,57,58,59,60,61,62,63,64)/t35?,36-,38-/m1/s1. The summed E-state index contributed by atoms with van der Waals surface area (Å²) in [5.74, 6) is -0.467. The first-order valence-electron chi connectivity index (χ1n) is 24.3. The summed E-state index contributed by atoms with van der Waals surface area (Å²) in [5, 5.41) is 18.3. The van der Waals surface area contributed by atoms with Crippen LogP contribution in [0.2, 0.25) is 0 Å². The van der Waals surface area contributed by atoms with Crippen molar-refractivity contribution >= 4 is 74.0 Å². The van der Waals surface area contributed by atoms with Crippen molar-refractivity contribution in [3.05, 3.63) is 108 Å². The molecule has 4 aromatic rings. The van der Waals surface area contributed by atoms with E-state index in [1.54, 1.807) is 12.1 Å². The Morgan fingerprint density at radius 1 is 0.933 bits per heavy atom. The molecule has 1 fully saturated rings. The second-order valence-electron chi connectivity index (χ2n) is 19.7. The molecule has 6 aliphatic rings. The zero-order valence-electron chi connectivity index (χ0n) is 40.7. The number of carboxylic acid groups (broad SMARTS) is 1. The summed E-state index contributed by atoms with van der Waals surface area (Å²) in [5.41, 5.74) is 12.9. The number of phosphoric ester groups is 1. The van der Waals surface area contributed by atoms with Gasteiger partial charge in [-0.05, 0) is 93.8 Å². The first-order valence-corrected chi connectivity index (χ1v) is 31.2. The molecule has 0 saturated carbocycles. The summed E-state index contributed by atoms with van der Waals surface area (Å²) in [6, 6.07) is 10.5. The number of aromatic nitrogens is 2. The van der Waals surface area contributed by atoms with E-state index >= 15 is 0 Å². The number of hydrogen-bond acceptors (Lipinski definition) is 18. The fourth-order valence-electron chi connectivity index (χ4n) is 10.9. The average Bonchev–Trinajstić information content (AvgIpc) is 3.77. The Morgan fingerprint density at radius 3 is 2.41 bits per heavy atom. The number of ether oxygens (including phenoxy) is 3. The number of phosphoric acid groups is 3. The number of nitrogens with two attached hydrogens (primary N) is 1. The predicted octanol–water partition coefficient (Wildman–Crippen LogP) is 3.19. The number of amides is 1. The summed E-state index contributed by atoms with van der Waals surface area (Å²) in [6.45, 7) is 6.96. The fraction of sp³-hybridized carbons (Fsp3) is 0.468. The molecule has 1 saturated heterocycles. The molecule has 6 aliphatic heterocycles. The first kappa shape index (κ1) is 54.0. The molecular formula is C47H55N6O17P3S2. The zero-order valence-corrected chi connectivity index (χ0v) is 45.0. The summed E-state index contributed by atoms with van der Waals surface area (Å²) in [7, 11) is -14.4. The minimum Gasteiger partial charge on any atom is -0.545 e. The molecule has 3 aromatic carbocycles. The van der Waals surface area contributed by atoms with Crippen LogP contribution in [0.4, 0.5) is 11.5 Å². The molecule has 402 valence electrons. The van der Waals surface area contributed by atoms with Crippen LogP contribution in [-0.2, 0) is 62.0 Å². The number of carbonyl (C=O) groups excluding carboxylic acids is 2. The van der Waals surface area contributed by atoms with E-state index in [2.05, 4.69) is 40.5 Å². The van der Waals surface area contributed by atoms with Crippen molar-refractivity contribution in [3.8, 4) is 11.5 Å². The number of nitrogens with zero attached hydrogens (tertiary/aromatic N) is 4. The van der Waals surface area contributed by atoms with E-state index < -0.39 is 70.8 Å². The Hall–Kier alpha value is -4.42. The highest BCUT2D eigenvalue weighted by Crippen LogP contribution is 2.66. The molecule has 0 radical (unpaired) electrons. The highest BCUT2D eigenvalue weighted by Gasteiger charge is 2.44. The monoisotopic (exact) mass is 1130 g/mol. The topological polar surface area (TPSA) is 324 Å². The Balaban J connectivity index is 0.849. The number of aromatic carboxylic acids is 1. The minimum absolute atomic E-state index is 0.0250. The molecule has 28 heteroatoms. The summed E-state index contributed by atoms with van der Waals surface area (Å²) in [4.78, 5) is 83.4. The van der Waals surface area contributed by atoms with Crippen molar-refractivity contribution in [2.75, 3.05) is 55.9 Å². The Bertz CT molecular complexity index is 3350. The maximum absolute atomic E-state index is 13.9.